The lowest BCUT2D eigenvalue weighted by molar-refractivity contribution is 0.00717. The van der Waals surface area contributed by atoms with Gasteiger partial charge in [0.05, 0.1) is 17.7 Å². The van der Waals surface area contributed by atoms with E-state index < -0.39 is 18.4 Å². The maximum absolute atomic E-state index is 12.9. The van der Waals surface area contributed by atoms with Gasteiger partial charge in [0, 0.05) is 30.4 Å². The van der Waals surface area contributed by atoms with Crippen LogP contribution in [-0.2, 0) is 9.47 Å². The zero-order valence-corrected chi connectivity index (χ0v) is 14.8. The van der Waals surface area contributed by atoms with Gasteiger partial charge in [-0.25, -0.2) is 9.18 Å². The summed E-state index contributed by atoms with van der Waals surface area (Å²) in [5.41, 5.74) is 1.56. The van der Waals surface area contributed by atoms with Gasteiger partial charge in [0.2, 0.25) is 0 Å². The maximum Gasteiger partial charge on any atom is 0.339 e. The number of carbonyl (C=O) groups excluding carboxylic acids is 1. The lowest BCUT2D eigenvalue weighted by Gasteiger charge is -2.33. The first-order valence-corrected chi connectivity index (χ1v) is 8.42. The minimum atomic E-state index is -0.567. The summed E-state index contributed by atoms with van der Waals surface area (Å²) in [6.45, 7) is 6.67. The Bertz CT molecular complexity index is 773. The lowest BCUT2D eigenvalue weighted by Crippen LogP contribution is -2.43. The van der Waals surface area contributed by atoms with E-state index in [0.717, 1.165) is 16.6 Å². The first-order valence-electron chi connectivity index (χ1n) is 8.42. The van der Waals surface area contributed by atoms with Crippen LogP contribution >= 0.6 is 0 Å². The average Bonchev–Trinajstić information content (AvgIpc) is 2.59. The van der Waals surface area contributed by atoms with Gasteiger partial charge in [0.25, 0.3) is 0 Å². The molecule has 134 valence electrons. The van der Waals surface area contributed by atoms with Crippen molar-refractivity contribution in [2.24, 2.45) is 0 Å². The van der Waals surface area contributed by atoms with Crippen molar-refractivity contribution in [2.45, 2.75) is 32.5 Å². The Morgan fingerprint density at radius 3 is 2.92 bits per heavy atom. The number of rotatable bonds is 3. The van der Waals surface area contributed by atoms with E-state index in [-0.39, 0.29) is 5.97 Å². The Labute approximate surface area is 146 Å². The second kappa shape index (κ2) is 6.96. The molecule has 0 bridgehead atoms. The highest BCUT2D eigenvalue weighted by Gasteiger charge is 2.23. The van der Waals surface area contributed by atoms with Crippen LogP contribution in [0.4, 0.5) is 10.1 Å². The molecule has 3 rings (SSSR count). The number of fused-ring (bicyclic) bond motifs is 1. The summed E-state index contributed by atoms with van der Waals surface area (Å²) in [7, 11) is 0. The van der Waals surface area contributed by atoms with Gasteiger partial charge in [-0.05, 0) is 45.0 Å². The van der Waals surface area contributed by atoms with Gasteiger partial charge in [0.1, 0.15) is 18.4 Å². The van der Waals surface area contributed by atoms with Crippen LogP contribution in [0.15, 0.2) is 30.5 Å². The van der Waals surface area contributed by atoms with Gasteiger partial charge in [-0.1, -0.05) is 0 Å². The van der Waals surface area contributed by atoms with Crippen LogP contribution in [0.2, 0.25) is 0 Å². The van der Waals surface area contributed by atoms with Crippen LogP contribution in [0.5, 0.6) is 0 Å². The molecule has 1 aliphatic heterocycles. The number of anilines is 1. The molecule has 1 atom stereocenters. The van der Waals surface area contributed by atoms with E-state index in [0.29, 0.717) is 25.3 Å². The quantitative estimate of drug-likeness (QED) is 0.798. The van der Waals surface area contributed by atoms with Gasteiger partial charge in [-0.2, -0.15) is 0 Å². The third kappa shape index (κ3) is 4.07. The fraction of sp³-hybridized carbons (Fsp3) is 0.474. The van der Waals surface area contributed by atoms with E-state index in [1.54, 1.807) is 12.3 Å². The fourth-order valence-corrected chi connectivity index (χ4v) is 2.89. The summed E-state index contributed by atoms with van der Waals surface area (Å²) in [6.07, 6.45) is 1.19. The Hall–Kier alpha value is -2.21. The van der Waals surface area contributed by atoms with Gasteiger partial charge in [-0.3, -0.25) is 4.98 Å². The van der Waals surface area contributed by atoms with Crippen molar-refractivity contribution in [3.8, 4) is 0 Å². The second-order valence-electron chi connectivity index (χ2n) is 7.15. The molecule has 1 aliphatic rings. The molecule has 0 radical (unpaired) electrons. The van der Waals surface area contributed by atoms with Gasteiger partial charge >= 0.3 is 5.97 Å². The van der Waals surface area contributed by atoms with Crippen molar-refractivity contribution in [1.29, 1.82) is 0 Å². The Kier molecular flexibility index (Phi) is 4.90. The maximum atomic E-state index is 12.9. The number of nitrogens with zero attached hydrogens (tertiary/aromatic N) is 2. The molecule has 0 spiro atoms. The summed E-state index contributed by atoms with van der Waals surface area (Å²) in [6, 6.07) is 7.40. The number of esters is 1. The summed E-state index contributed by atoms with van der Waals surface area (Å²) in [4.78, 5) is 18.9. The van der Waals surface area contributed by atoms with E-state index in [4.69, 9.17) is 9.47 Å². The van der Waals surface area contributed by atoms with E-state index >= 15 is 0 Å². The Balaban J connectivity index is 1.96. The van der Waals surface area contributed by atoms with Crippen LogP contribution in [0.1, 0.15) is 31.1 Å². The molecule has 0 aliphatic carbocycles. The second-order valence-corrected chi connectivity index (χ2v) is 7.15. The van der Waals surface area contributed by atoms with Gasteiger partial charge in [0.15, 0.2) is 0 Å². The topological polar surface area (TPSA) is 51.7 Å². The molecule has 2 aromatic rings. The molecule has 25 heavy (non-hydrogen) atoms. The molecule has 1 aromatic carbocycles. The number of halogens is 1. The highest BCUT2D eigenvalue weighted by molar-refractivity contribution is 6.04. The molecule has 2 heterocycles. The normalized spacial score (nSPS) is 18.4. The fourth-order valence-electron chi connectivity index (χ4n) is 2.89. The predicted octanol–water partition coefficient (Wildman–Crippen LogP) is 3.36. The van der Waals surface area contributed by atoms with Gasteiger partial charge in [-0.15, -0.1) is 0 Å². The molecule has 1 saturated heterocycles. The molecule has 0 N–H and O–H groups in total. The third-order valence-corrected chi connectivity index (χ3v) is 4.02. The Morgan fingerprint density at radius 1 is 1.40 bits per heavy atom. The first-order chi connectivity index (χ1) is 11.9. The molecule has 5 nitrogen and oxygen atoms in total. The number of morpholine rings is 1. The van der Waals surface area contributed by atoms with Crippen LogP contribution in [0.25, 0.3) is 10.9 Å². The molecular weight excluding hydrogens is 323 g/mol. The van der Waals surface area contributed by atoms with Crippen molar-refractivity contribution in [3.63, 3.8) is 0 Å². The number of benzene rings is 1. The average molecular weight is 346 g/mol. The van der Waals surface area contributed by atoms with E-state index in [1.165, 1.54) is 0 Å². The van der Waals surface area contributed by atoms with Crippen molar-refractivity contribution < 1.29 is 18.7 Å². The minimum Gasteiger partial charge on any atom is -0.456 e. The van der Waals surface area contributed by atoms with Gasteiger partial charge < -0.3 is 14.4 Å². The zero-order valence-electron chi connectivity index (χ0n) is 14.8. The van der Waals surface area contributed by atoms with Crippen molar-refractivity contribution in [1.82, 2.24) is 4.98 Å². The van der Waals surface area contributed by atoms with E-state index in [1.807, 2.05) is 39.0 Å². The number of alkyl halides is 1. The number of hydrogen-bond acceptors (Lipinski definition) is 5. The molecule has 1 fully saturated rings. The summed E-state index contributed by atoms with van der Waals surface area (Å²) >= 11 is 0. The third-order valence-electron chi connectivity index (χ3n) is 4.02. The summed E-state index contributed by atoms with van der Waals surface area (Å²) in [5.74, 6) is -0.374. The molecule has 6 heteroatoms. The van der Waals surface area contributed by atoms with Crippen molar-refractivity contribution >= 4 is 22.6 Å². The van der Waals surface area contributed by atoms with E-state index in [9.17, 15) is 9.18 Å². The smallest absolute Gasteiger partial charge is 0.339 e. The molecule has 1 aromatic heterocycles. The largest absolute Gasteiger partial charge is 0.456 e. The van der Waals surface area contributed by atoms with Crippen molar-refractivity contribution in [2.75, 3.05) is 31.3 Å². The van der Waals surface area contributed by atoms with Crippen molar-refractivity contribution in [3.05, 3.63) is 36.0 Å². The monoisotopic (exact) mass is 346 g/mol. The number of hydrogen-bond donors (Lipinski definition) is 0. The SMILES string of the molecule is CC(C)(C)OC(=O)c1ccnc2ccc(N3CCO[C@H](CF)C3)cc12. The van der Waals surface area contributed by atoms with E-state index in [2.05, 4.69) is 9.88 Å². The standard InChI is InChI=1S/C19H23FN2O3/c1-19(2,3)25-18(23)15-6-7-21-17-5-4-13(10-16(15)17)22-8-9-24-14(11-20)12-22/h4-7,10,14H,8-9,11-12H2,1-3H3/t14-/m1/s1. The summed E-state index contributed by atoms with van der Waals surface area (Å²) in [5, 5.41) is 0.734. The molecule has 0 saturated carbocycles. The zero-order chi connectivity index (χ0) is 18.0. The number of carbonyl (C=O) groups is 1. The minimum absolute atomic E-state index is 0.374. The van der Waals surface area contributed by atoms with Crippen LogP contribution in [0, 0.1) is 0 Å². The Morgan fingerprint density at radius 2 is 2.20 bits per heavy atom. The number of ether oxygens (including phenoxy) is 2. The lowest BCUT2D eigenvalue weighted by atomic mass is 10.1. The van der Waals surface area contributed by atoms with Crippen LogP contribution in [0.3, 0.4) is 0 Å². The van der Waals surface area contributed by atoms with Crippen LogP contribution in [-0.4, -0.2) is 49.0 Å². The number of aromatic nitrogens is 1. The predicted molar refractivity (Wildman–Crippen MR) is 94.8 cm³/mol. The number of pyridine rings is 1. The highest BCUT2D eigenvalue weighted by Crippen LogP contribution is 2.26. The summed E-state index contributed by atoms with van der Waals surface area (Å²) < 4.78 is 23.8. The molecule has 0 unspecified atom stereocenters. The first kappa shape index (κ1) is 17.6. The highest BCUT2D eigenvalue weighted by atomic mass is 19.1. The molecular formula is C19H23FN2O3. The van der Waals surface area contributed by atoms with Crippen LogP contribution < -0.4 is 4.90 Å². The molecule has 0 amide bonds.